The zero-order valence-electron chi connectivity index (χ0n) is 10.8. The Morgan fingerprint density at radius 3 is 2.37 bits per heavy atom. The summed E-state index contributed by atoms with van der Waals surface area (Å²) in [4.78, 5) is 25.7. The van der Waals surface area contributed by atoms with E-state index in [1.165, 1.54) is 4.90 Å². The summed E-state index contributed by atoms with van der Waals surface area (Å²) in [5.41, 5.74) is 3.93. The molecule has 94 valence electrons. The Bertz CT molecular complexity index is 704. The van der Waals surface area contributed by atoms with Crippen LogP contribution in [0.3, 0.4) is 0 Å². The van der Waals surface area contributed by atoms with E-state index in [-0.39, 0.29) is 0 Å². The van der Waals surface area contributed by atoms with Gasteiger partial charge in [-0.1, -0.05) is 23.8 Å². The minimum absolute atomic E-state index is 0.430. The van der Waals surface area contributed by atoms with Gasteiger partial charge in [0, 0.05) is 5.69 Å². The van der Waals surface area contributed by atoms with E-state index in [1.807, 2.05) is 50.2 Å². The summed E-state index contributed by atoms with van der Waals surface area (Å²) in [7, 11) is 0. The maximum atomic E-state index is 12.2. The van der Waals surface area contributed by atoms with Crippen molar-refractivity contribution >= 4 is 23.1 Å². The van der Waals surface area contributed by atoms with Crippen molar-refractivity contribution in [2.75, 3.05) is 4.90 Å². The Labute approximate surface area is 111 Å². The van der Waals surface area contributed by atoms with E-state index in [1.54, 1.807) is 6.07 Å². The molecule has 0 spiro atoms. The molecule has 0 aliphatic carbocycles. The summed E-state index contributed by atoms with van der Waals surface area (Å²) >= 11 is 0. The highest BCUT2D eigenvalue weighted by atomic mass is 16.2. The highest BCUT2D eigenvalue weighted by Gasteiger charge is 2.36. The molecule has 0 saturated heterocycles. The molecule has 0 N–H and O–H groups in total. The molecule has 0 unspecified atom stereocenters. The fraction of sp³-hybridized carbons (Fsp3) is 0.125. The van der Waals surface area contributed by atoms with Gasteiger partial charge in [0.25, 0.3) is 5.78 Å². The van der Waals surface area contributed by atoms with Crippen molar-refractivity contribution in [1.82, 2.24) is 0 Å². The number of rotatable bonds is 1. The van der Waals surface area contributed by atoms with Gasteiger partial charge in [0.2, 0.25) is 0 Å². The van der Waals surface area contributed by atoms with Crippen LogP contribution in [0.1, 0.15) is 21.5 Å². The van der Waals surface area contributed by atoms with E-state index < -0.39 is 11.7 Å². The van der Waals surface area contributed by atoms with Crippen molar-refractivity contribution in [3.8, 4) is 0 Å². The van der Waals surface area contributed by atoms with Gasteiger partial charge in [-0.05, 0) is 43.7 Å². The van der Waals surface area contributed by atoms with E-state index in [9.17, 15) is 9.59 Å². The molecule has 2 aromatic carbocycles. The number of fused-ring (bicyclic) bond motifs is 1. The number of hydrogen-bond donors (Lipinski definition) is 0. The zero-order chi connectivity index (χ0) is 13.6. The molecule has 1 aliphatic rings. The molecule has 2 aromatic rings. The number of hydrogen-bond acceptors (Lipinski definition) is 2. The third-order valence-corrected chi connectivity index (χ3v) is 3.29. The molecule has 0 aromatic heterocycles. The second kappa shape index (κ2) is 4.05. The summed E-state index contributed by atoms with van der Waals surface area (Å²) in [6.45, 7) is 3.87. The smallest absolute Gasteiger partial charge is 0.283 e. The molecular formula is C16H13NO2. The number of aryl methyl sites for hydroxylation is 2. The van der Waals surface area contributed by atoms with Crippen LogP contribution >= 0.6 is 0 Å². The lowest BCUT2D eigenvalue weighted by atomic mass is 10.1. The number of amides is 1. The molecule has 0 fully saturated rings. The summed E-state index contributed by atoms with van der Waals surface area (Å²) < 4.78 is 0. The predicted octanol–water partition coefficient (Wildman–Crippen LogP) is 3.16. The van der Waals surface area contributed by atoms with E-state index in [4.69, 9.17) is 0 Å². The number of carbonyl (C=O) groups is 2. The highest BCUT2D eigenvalue weighted by Crippen LogP contribution is 2.35. The van der Waals surface area contributed by atoms with Crippen molar-refractivity contribution in [3.63, 3.8) is 0 Å². The lowest BCUT2D eigenvalue weighted by molar-refractivity contribution is -0.113. The molecule has 0 radical (unpaired) electrons. The number of Topliss-reactive ketones (excluding diaryl/α,β-unsaturated/α-hetero) is 1. The van der Waals surface area contributed by atoms with Crippen LogP contribution in [0.15, 0.2) is 42.5 Å². The van der Waals surface area contributed by atoms with Crippen molar-refractivity contribution in [2.45, 2.75) is 13.8 Å². The molecule has 1 amide bonds. The first kappa shape index (κ1) is 11.7. The van der Waals surface area contributed by atoms with Crippen LogP contribution < -0.4 is 4.90 Å². The summed E-state index contributed by atoms with van der Waals surface area (Å²) in [6, 6.07) is 13.1. The van der Waals surface area contributed by atoms with Crippen LogP contribution in [0.2, 0.25) is 0 Å². The maximum absolute atomic E-state index is 12.2. The van der Waals surface area contributed by atoms with Gasteiger partial charge in [0.1, 0.15) is 0 Å². The first-order valence-corrected chi connectivity index (χ1v) is 6.14. The molecule has 3 nitrogen and oxygen atoms in total. The van der Waals surface area contributed by atoms with Crippen LogP contribution in [-0.4, -0.2) is 11.7 Å². The normalized spacial score (nSPS) is 13.9. The first-order chi connectivity index (χ1) is 9.08. The molecule has 0 saturated carbocycles. The summed E-state index contributed by atoms with van der Waals surface area (Å²) in [5.74, 6) is -0.911. The number of ketones is 1. The Kier molecular flexibility index (Phi) is 2.49. The number of nitrogens with zero attached hydrogens (tertiary/aromatic N) is 1. The Balaban J connectivity index is 2.19. The zero-order valence-corrected chi connectivity index (χ0v) is 10.8. The van der Waals surface area contributed by atoms with Gasteiger partial charge in [-0.25, -0.2) is 0 Å². The quantitative estimate of drug-likeness (QED) is 0.730. The second-order valence-electron chi connectivity index (χ2n) is 4.83. The molecule has 1 aliphatic heterocycles. The van der Waals surface area contributed by atoms with Gasteiger partial charge in [-0.3, -0.25) is 14.5 Å². The minimum atomic E-state index is -0.480. The lowest BCUT2D eigenvalue weighted by Crippen LogP contribution is -2.24. The van der Waals surface area contributed by atoms with Gasteiger partial charge < -0.3 is 0 Å². The number of anilines is 2. The summed E-state index contributed by atoms with van der Waals surface area (Å²) in [5, 5.41) is 0. The minimum Gasteiger partial charge on any atom is -0.283 e. The van der Waals surface area contributed by atoms with E-state index in [0.29, 0.717) is 11.3 Å². The van der Waals surface area contributed by atoms with E-state index in [0.717, 1.165) is 16.8 Å². The molecule has 1 heterocycles. The highest BCUT2D eigenvalue weighted by molar-refractivity contribution is 6.53. The van der Waals surface area contributed by atoms with Crippen molar-refractivity contribution < 1.29 is 9.59 Å². The topological polar surface area (TPSA) is 37.4 Å². The second-order valence-corrected chi connectivity index (χ2v) is 4.83. The average molecular weight is 251 g/mol. The number of benzene rings is 2. The largest absolute Gasteiger partial charge is 0.304 e. The van der Waals surface area contributed by atoms with Gasteiger partial charge in [-0.15, -0.1) is 0 Å². The van der Waals surface area contributed by atoms with Crippen LogP contribution in [-0.2, 0) is 4.79 Å². The fourth-order valence-electron chi connectivity index (χ4n) is 2.38. The van der Waals surface area contributed by atoms with Crippen LogP contribution in [0.25, 0.3) is 0 Å². The average Bonchev–Trinajstić information content (AvgIpc) is 2.62. The Morgan fingerprint density at radius 1 is 0.895 bits per heavy atom. The Morgan fingerprint density at radius 2 is 1.63 bits per heavy atom. The molecule has 19 heavy (non-hydrogen) atoms. The molecule has 3 heteroatoms. The van der Waals surface area contributed by atoms with E-state index >= 15 is 0 Å². The van der Waals surface area contributed by atoms with Gasteiger partial charge in [0.05, 0.1) is 11.3 Å². The molecule has 0 atom stereocenters. The Hall–Kier alpha value is -2.42. The molecule has 3 rings (SSSR count). The van der Waals surface area contributed by atoms with Crippen molar-refractivity contribution in [3.05, 3.63) is 59.2 Å². The molecule has 0 bridgehead atoms. The van der Waals surface area contributed by atoms with E-state index in [2.05, 4.69) is 0 Å². The third kappa shape index (κ3) is 1.74. The van der Waals surface area contributed by atoms with Crippen LogP contribution in [0.5, 0.6) is 0 Å². The van der Waals surface area contributed by atoms with Gasteiger partial charge in [0.15, 0.2) is 0 Å². The SMILES string of the molecule is Cc1cccc(N2C(=O)C(=O)c3cc(C)ccc32)c1. The summed E-state index contributed by atoms with van der Waals surface area (Å²) in [6.07, 6.45) is 0. The monoisotopic (exact) mass is 251 g/mol. The van der Waals surface area contributed by atoms with Gasteiger partial charge >= 0.3 is 5.91 Å². The predicted molar refractivity (Wildman–Crippen MR) is 73.8 cm³/mol. The lowest BCUT2D eigenvalue weighted by Gasteiger charge is -2.17. The first-order valence-electron chi connectivity index (χ1n) is 6.14. The van der Waals surface area contributed by atoms with Crippen molar-refractivity contribution in [1.29, 1.82) is 0 Å². The maximum Gasteiger partial charge on any atom is 0.304 e. The van der Waals surface area contributed by atoms with Crippen LogP contribution in [0.4, 0.5) is 11.4 Å². The van der Waals surface area contributed by atoms with Crippen molar-refractivity contribution in [2.24, 2.45) is 0 Å². The fourth-order valence-corrected chi connectivity index (χ4v) is 2.38. The number of carbonyl (C=O) groups excluding carboxylic acids is 2. The molecular weight excluding hydrogens is 238 g/mol. The van der Waals surface area contributed by atoms with Gasteiger partial charge in [-0.2, -0.15) is 0 Å². The standard InChI is InChI=1S/C16H13NO2/c1-10-4-3-5-12(8-10)17-14-7-6-11(2)9-13(14)15(18)16(17)19/h3-9H,1-2H3. The third-order valence-electron chi connectivity index (χ3n) is 3.29. The van der Waals surface area contributed by atoms with Crippen LogP contribution in [0, 0.1) is 13.8 Å².